The Morgan fingerprint density at radius 2 is 2.00 bits per heavy atom. The van der Waals surface area contributed by atoms with Gasteiger partial charge in [0.25, 0.3) is 0 Å². The highest BCUT2D eigenvalue weighted by Crippen LogP contribution is 2.30. The van der Waals surface area contributed by atoms with Gasteiger partial charge in [0.1, 0.15) is 5.75 Å². The van der Waals surface area contributed by atoms with Gasteiger partial charge >= 0.3 is 0 Å². The largest absolute Gasteiger partial charge is 0.497 e. The fourth-order valence-corrected chi connectivity index (χ4v) is 5.21. The van der Waals surface area contributed by atoms with Crippen LogP contribution in [0.15, 0.2) is 28.6 Å². The van der Waals surface area contributed by atoms with Crippen molar-refractivity contribution in [1.82, 2.24) is 15.5 Å². The second-order valence-corrected chi connectivity index (χ2v) is 9.57. The summed E-state index contributed by atoms with van der Waals surface area (Å²) in [4.78, 5) is 12.4. The molecule has 2 aromatic rings. The van der Waals surface area contributed by atoms with Crippen molar-refractivity contribution < 1.29 is 9.53 Å². The third kappa shape index (κ3) is 6.38. The maximum Gasteiger partial charge on any atom is 0.233 e. The van der Waals surface area contributed by atoms with Crippen molar-refractivity contribution >= 4 is 34.1 Å². The first kappa shape index (κ1) is 20.9. The third-order valence-electron chi connectivity index (χ3n) is 4.86. The number of carbonyl (C=O) groups excluding carboxylic acids is 1. The minimum absolute atomic E-state index is 0.0236. The van der Waals surface area contributed by atoms with Gasteiger partial charge in [-0.2, -0.15) is 0 Å². The number of anilines is 1. The maximum atomic E-state index is 12.4. The molecule has 0 radical (unpaired) electrons. The Morgan fingerprint density at radius 1 is 1.25 bits per heavy atom. The van der Waals surface area contributed by atoms with E-state index in [1.807, 2.05) is 31.2 Å². The van der Waals surface area contributed by atoms with E-state index >= 15 is 0 Å². The maximum absolute atomic E-state index is 12.4. The highest BCUT2D eigenvalue weighted by molar-refractivity contribution is 8.02. The van der Waals surface area contributed by atoms with E-state index in [9.17, 15) is 4.79 Å². The summed E-state index contributed by atoms with van der Waals surface area (Å²) in [6.45, 7) is 2.52. The van der Waals surface area contributed by atoms with Crippen LogP contribution in [0.2, 0.25) is 0 Å². The van der Waals surface area contributed by atoms with Crippen LogP contribution in [-0.4, -0.2) is 41.1 Å². The Labute approximate surface area is 174 Å². The third-order valence-corrected chi connectivity index (χ3v) is 6.90. The Morgan fingerprint density at radius 3 is 2.71 bits per heavy atom. The summed E-state index contributed by atoms with van der Waals surface area (Å²) in [5.41, 5.74) is 1.17. The van der Waals surface area contributed by atoms with Crippen LogP contribution in [-0.2, 0) is 11.2 Å². The lowest BCUT2D eigenvalue weighted by Crippen LogP contribution is -2.32. The molecule has 1 saturated carbocycles. The summed E-state index contributed by atoms with van der Waals surface area (Å²) in [7, 11) is 1.65. The van der Waals surface area contributed by atoms with Gasteiger partial charge in [0.05, 0.1) is 12.4 Å². The molecule has 2 N–H and O–H groups in total. The van der Waals surface area contributed by atoms with Crippen molar-refractivity contribution in [2.75, 3.05) is 19.0 Å². The average molecular weight is 421 g/mol. The number of nitrogens with one attached hydrogen (secondary N) is 2. The molecule has 0 spiro atoms. The molecule has 3 rings (SSSR count). The van der Waals surface area contributed by atoms with Gasteiger partial charge in [-0.15, -0.1) is 10.2 Å². The number of nitrogens with zero attached hydrogens (tertiary/aromatic N) is 2. The minimum Gasteiger partial charge on any atom is -0.497 e. The summed E-state index contributed by atoms with van der Waals surface area (Å²) >= 11 is 3.00. The molecule has 1 aromatic heterocycles. The quantitative estimate of drug-likeness (QED) is 0.594. The summed E-state index contributed by atoms with van der Waals surface area (Å²) in [5, 5.41) is 15.6. The first-order valence-corrected chi connectivity index (χ1v) is 11.5. The van der Waals surface area contributed by atoms with E-state index in [-0.39, 0.29) is 11.2 Å². The molecule has 1 aliphatic carbocycles. The smallest absolute Gasteiger partial charge is 0.233 e. The van der Waals surface area contributed by atoms with Crippen LogP contribution >= 0.6 is 23.1 Å². The van der Waals surface area contributed by atoms with Gasteiger partial charge in [0.2, 0.25) is 11.0 Å². The molecule has 0 saturated heterocycles. The van der Waals surface area contributed by atoms with E-state index in [2.05, 4.69) is 20.8 Å². The lowest BCUT2D eigenvalue weighted by Gasteiger charge is -2.21. The van der Waals surface area contributed by atoms with Crippen LogP contribution < -0.4 is 15.4 Å². The van der Waals surface area contributed by atoms with Gasteiger partial charge in [-0.05, 0) is 43.9 Å². The molecular formula is C20H28N4O2S2. The number of amides is 1. The lowest BCUT2D eigenvalue weighted by molar-refractivity contribution is -0.120. The summed E-state index contributed by atoms with van der Waals surface area (Å²) in [6.07, 6.45) is 7.10. The topological polar surface area (TPSA) is 76.1 Å². The summed E-state index contributed by atoms with van der Waals surface area (Å²) < 4.78 is 5.99. The van der Waals surface area contributed by atoms with Crippen LogP contribution in [0, 0.1) is 0 Å². The van der Waals surface area contributed by atoms with Crippen LogP contribution in [0.4, 0.5) is 5.13 Å². The predicted molar refractivity (Wildman–Crippen MR) is 115 cm³/mol. The van der Waals surface area contributed by atoms with Crippen molar-refractivity contribution in [3.05, 3.63) is 29.8 Å². The van der Waals surface area contributed by atoms with Crippen molar-refractivity contribution in [3.8, 4) is 5.75 Å². The highest BCUT2D eigenvalue weighted by Gasteiger charge is 2.19. The standard InChI is InChI=1S/C20H28N4O2S2/c1-14(18(25)21-13-12-15-8-10-17(26-2)11-9-15)27-20-24-23-19(28-20)22-16-6-4-3-5-7-16/h8-11,14,16H,3-7,12-13H2,1-2H3,(H,21,25)(H,22,23). The molecule has 1 aliphatic rings. The van der Waals surface area contributed by atoms with Crippen molar-refractivity contribution in [2.24, 2.45) is 0 Å². The number of carbonyl (C=O) groups is 1. The molecule has 6 nitrogen and oxygen atoms in total. The molecule has 1 fully saturated rings. The number of rotatable bonds is 9. The van der Waals surface area contributed by atoms with Gasteiger partial charge in [0, 0.05) is 12.6 Å². The summed E-state index contributed by atoms with van der Waals surface area (Å²) in [6, 6.07) is 8.42. The van der Waals surface area contributed by atoms with E-state index < -0.39 is 0 Å². The number of thioether (sulfide) groups is 1. The minimum atomic E-state index is -0.202. The molecule has 1 aromatic carbocycles. The molecule has 0 aliphatic heterocycles. The van der Waals surface area contributed by atoms with E-state index in [0.717, 1.165) is 21.6 Å². The Kier molecular flexibility index (Phi) is 7.97. The predicted octanol–water partition coefficient (Wildman–Crippen LogP) is 4.13. The van der Waals surface area contributed by atoms with E-state index in [1.165, 1.54) is 60.8 Å². The molecule has 152 valence electrons. The number of methoxy groups -OCH3 is 1. The van der Waals surface area contributed by atoms with Gasteiger partial charge in [0.15, 0.2) is 4.34 Å². The van der Waals surface area contributed by atoms with Crippen LogP contribution in [0.5, 0.6) is 5.75 Å². The number of ether oxygens (including phenoxy) is 1. The number of hydrogen-bond acceptors (Lipinski definition) is 7. The fraction of sp³-hybridized carbons (Fsp3) is 0.550. The van der Waals surface area contributed by atoms with Crippen molar-refractivity contribution in [1.29, 1.82) is 0 Å². The van der Waals surface area contributed by atoms with Crippen molar-refractivity contribution in [2.45, 2.75) is 61.1 Å². The number of aromatic nitrogens is 2. The second kappa shape index (κ2) is 10.7. The molecule has 1 heterocycles. The number of benzene rings is 1. The zero-order valence-electron chi connectivity index (χ0n) is 16.4. The van der Waals surface area contributed by atoms with Gasteiger partial charge in [-0.1, -0.05) is 54.5 Å². The number of hydrogen-bond donors (Lipinski definition) is 2. The molecular weight excluding hydrogens is 392 g/mol. The van der Waals surface area contributed by atoms with Gasteiger partial charge in [-0.25, -0.2) is 0 Å². The molecule has 28 heavy (non-hydrogen) atoms. The van der Waals surface area contributed by atoms with Crippen molar-refractivity contribution in [3.63, 3.8) is 0 Å². The average Bonchev–Trinajstić information content (AvgIpc) is 3.15. The van der Waals surface area contributed by atoms with Gasteiger partial charge < -0.3 is 15.4 Å². The van der Waals surface area contributed by atoms with Crippen LogP contribution in [0.1, 0.15) is 44.6 Å². The monoisotopic (exact) mass is 420 g/mol. The second-order valence-electron chi connectivity index (χ2n) is 7.00. The van der Waals surface area contributed by atoms with Gasteiger partial charge in [-0.3, -0.25) is 4.79 Å². The van der Waals surface area contributed by atoms with Crippen LogP contribution in [0.25, 0.3) is 0 Å². The normalized spacial score (nSPS) is 15.8. The highest BCUT2D eigenvalue weighted by atomic mass is 32.2. The molecule has 0 bridgehead atoms. The summed E-state index contributed by atoms with van der Waals surface area (Å²) in [5.74, 6) is 0.864. The van der Waals surface area contributed by atoms with E-state index in [4.69, 9.17) is 4.74 Å². The molecule has 1 atom stereocenters. The van der Waals surface area contributed by atoms with E-state index in [0.29, 0.717) is 12.6 Å². The molecule has 1 amide bonds. The van der Waals surface area contributed by atoms with E-state index in [1.54, 1.807) is 7.11 Å². The zero-order valence-corrected chi connectivity index (χ0v) is 18.1. The van der Waals surface area contributed by atoms with Crippen LogP contribution in [0.3, 0.4) is 0 Å². The molecule has 1 unspecified atom stereocenters. The Balaban J connectivity index is 1.39. The SMILES string of the molecule is COc1ccc(CCNC(=O)C(C)Sc2nnc(NC3CCCCC3)s2)cc1. The fourth-order valence-electron chi connectivity index (χ4n) is 3.21. The first-order chi connectivity index (χ1) is 13.6. The molecule has 8 heteroatoms. The first-order valence-electron chi connectivity index (χ1n) is 9.81. The lowest BCUT2D eigenvalue weighted by atomic mass is 9.96. The Hall–Kier alpha value is -1.80. The zero-order chi connectivity index (χ0) is 19.8. The Bertz CT molecular complexity index is 745.